The molecule has 0 aromatic heterocycles. The lowest BCUT2D eigenvalue weighted by Crippen LogP contribution is -2.38. The van der Waals surface area contributed by atoms with Gasteiger partial charge in [0.1, 0.15) is 0 Å². The van der Waals surface area contributed by atoms with Crippen molar-refractivity contribution in [3.05, 3.63) is 35.9 Å². The van der Waals surface area contributed by atoms with Crippen LogP contribution < -0.4 is 5.32 Å². The fourth-order valence-electron chi connectivity index (χ4n) is 1.79. The highest BCUT2D eigenvalue weighted by Gasteiger charge is 2.19. The van der Waals surface area contributed by atoms with Crippen molar-refractivity contribution < 1.29 is 9.84 Å². The molecule has 2 N–H and O–H groups in total. The zero-order valence-electron chi connectivity index (χ0n) is 10.9. The Hall–Kier alpha value is -0.900. The Morgan fingerprint density at radius 1 is 1.29 bits per heavy atom. The molecule has 0 saturated heterocycles. The number of benzene rings is 1. The predicted molar refractivity (Wildman–Crippen MR) is 70.2 cm³/mol. The third kappa shape index (κ3) is 4.86. The van der Waals surface area contributed by atoms with Crippen LogP contribution in [0.1, 0.15) is 19.4 Å². The summed E-state index contributed by atoms with van der Waals surface area (Å²) in [6, 6.07) is 10.4. The lowest BCUT2D eigenvalue weighted by molar-refractivity contribution is 0.0639. The highest BCUT2D eigenvalue weighted by molar-refractivity contribution is 5.23. The number of hydrogen-bond donors (Lipinski definition) is 2. The first kappa shape index (κ1) is 14.2. The molecule has 1 rings (SSSR count). The largest absolute Gasteiger partial charge is 0.389 e. The van der Waals surface area contributed by atoms with E-state index in [4.69, 9.17) is 4.74 Å². The summed E-state index contributed by atoms with van der Waals surface area (Å²) in [6.45, 7) is 6.15. The maximum absolute atomic E-state index is 9.53. The van der Waals surface area contributed by atoms with E-state index in [1.807, 2.05) is 6.07 Å². The Bertz CT molecular complexity index is 311. The van der Waals surface area contributed by atoms with Gasteiger partial charge in [0, 0.05) is 25.6 Å². The molecule has 0 saturated carbocycles. The van der Waals surface area contributed by atoms with E-state index in [2.05, 4.69) is 43.4 Å². The van der Waals surface area contributed by atoms with Crippen molar-refractivity contribution in [2.24, 2.45) is 0 Å². The predicted octanol–water partition coefficient (Wildman–Crippen LogP) is 1.56. The van der Waals surface area contributed by atoms with E-state index >= 15 is 0 Å². The van der Waals surface area contributed by atoms with Crippen molar-refractivity contribution in [1.82, 2.24) is 5.32 Å². The van der Waals surface area contributed by atoms with Crippen LogP contribution in [0.2, 0.25) is 0 Å². The molecule has 0 radical (unpaired) electrons. The minimum atomic E-state index is -0.438. The number of aliphatic hydroxyl groups is 1. The quantitative estimate of drug-likeness (QED) is 0.756. The number of nitrogens with one attached hydrogen (secondary N) is 1. The average molecular weight is 237 g/mol. The lowest BCUT2D eigenvalue weighted by Gasteiger charge is -2.26. The fourth-order valence-corrected chi connectivity index (χ4v) is 1.79. The van der Waals surface area contributed by atoms with Crippen molar-refractivity contribution >= 4 is 0 Å². The van der Waals surface area contributed by atoms with Crippen LogP contribution >= 0.6 is 0 Å². The standard InChI is InChI=1S/C14H23NO2/c1-14(2,12-7-5-4-6-8-12)11-15-9-13(16)10-17-3/h4-8,13,15-16H,9-11H2,1-3H3. The van der Waals surface area contributed by atoms with Crippen LogP contribution in [0.15, 0.2) is 30.3 Å². The summed E-state index contributed by atoms with van der Waals surface area (Å²) < 4.78 is 4.88. The summed E-state index contributed by atoms with van der Waals surface area (Å²) >= 11 is 0. The van der Waals surface area contributed by atoms with Gasteiger partial charge in [-0.1, -0.05) is 44.2 Å². The van der Waals surface area contributed by atoms with Crippen molar-refractivity contribution in [3.8, 4) is 0 Å². The summed E-state index contributed by atoms with van der Waals surface area (Å²) in [7, 11) is 1.59. The summed E-state index contributed by atoms with van der Waals surface area (Å²) in [4.78, 5) is 0. The maximum Gasteiger partial charge on any atom is 0.0897 e. The van der Waals surface area contributed by atoms with Gasteiger partial charge in [-0.05, 0) is 5.56 Å². The van der Waals surface area contributed by atoms with Crippen molar-refractivity contribution in [1.29, 1.82) is 0 Å². The summed E-state index contributed by atoms with van der Waals surface area (Å²) in [5, 5.41) is 12.8. The van der Waals surface area contributed by atoms with Gasteiger partial charge >= 0.3 is 0 Å². The van der Waals surface area contributed by atoms with E-state index < -0.39 is 6.10 Å². The first-order valence-electron chi connectivity index (χ1n) is 5.99. The summed E-state index contributed by atoms with van der Waals surface area (Å²) in [5.74, 6) is 0. The van der Waals surface area contributed by atoms with E-state index in [9.17, 15) is 5.11 Å². The van der Waals surface area contributed by atoms with Crippen molar-refractivity contribution in [2.75, 3.05) is 26.8 Å². The van der Waals surface area contributed by atoms with E-state index in [0.29, 0.717) is 13.2 Å². The van der Waals surface area contributed by atoms with Gasteiger partial charge in [-0.15, -0.1) is 0 Å². The molecule has 0 aliphatic carbocycles. The third-order valence-corrected chi connectivity index (χ3v) is 2.86. The van der Waals surface area contributed by atoms with Gasteiger partial charge in [0.15, 0.2) is 0 Å². The van der Waals surface area contributed by atoms with Crippen molar-refractivity contribution in [3.63, 3.8) is 0 Å². The van der Waals surface area contributed by atoms with Crippen LogP contribution in [0.3, 0.4) is 0 Å². The van der Waals surface area contributed by atoms with Gasteiger partial charge in [-0.25, -0.2) is 0 Å². The van der Waals surface area contributed by atoms with Crippen LogP contribution in [-0.4, -0.2) is 38.0 Å². The monoisotopic (exact) mass is 237 g/mol. The second-order valence-corrected chi connectivity index (χ2v) is 4.99. The fraction of sp³-hybridized carbons (Fsp3) is 0.571. The molecule has 3 nitrogen and oxygen atoms in total. The van der Waals surface area contributed by atoms with E-state index in [-0.39, 0.29) is 5.41 Å². The Morgan fingerprint density at radius 2 is 1.94 bits per heavy atom. The summed E-state index contributed by atoms with van der Waals surface area (Å²) in [6.07, 6.45) is -0.438. The molecule has 3 heteroatoms. The molecule has 1 unspecified atom stereocenters. The maximum atomic E-state index is 9.53. The highest BCUT2D eigenvalue weighted by Crippen LogP contribution is 2.21. The van der Waals surface area contributed by atoms with Gasteiger partial charge in [-0.2, -0.15) is 0 Å². The van der Waals surface area contributed by atoms with E-state index in [1.54, 1.807) is 7.11 Å². The molecular weight excluding hydrogens is 214 g/mol. The van der Waals surface area contributed by atoms with Crippen molar-refractivity contribution in [2.45, 2.75) is 25.4 Å². The van der Waals surface area contributed by atoms with Crippen LogP contribution in [-0.2, 0) is 10.2 Å². The first-order chi connectivity index (χ1) is 8.06. The van der Waals surface area contributed by atoms with Gasteiger partial charge in [0.2, 0.25) is 0 Å². The van der Waals surface area contributed by atoms with Crippen LogP contribution in [0.5, 0.6) is 0 Å². The molecule has 17 heavy (non-hydrogen) atoms. The Morgan fingerprint density at radius 3 is 2.53 bits per heavy atom. The smallest absolute Gasteiger partial charge is 0.0897 e. The SMILES string of the molecule is COCC(O)CNCC(C)(C)c1ccccc1. The summed E-state index contributed by atoms with van der Waals surface area (Å²) in [5.41, 5.74) is 1.36. The van der Waals surface area contributed by atoms with Crippen LogP contribution in [0.4, 0.5) is 0 Å². The third-order valence-electron chi connectivity index (χ3n) is 2.86. The van der Waals surface area contributed by atoms with E-state index in [0.717, 1.165) is 6.54 Å². The highest BCUT2D eigenvalue weighted by atomic mass is 16.5. The number of ether oxygens (including phenoxy) is 1. The second-order valence-electron chi connectivity index (χ2n) is 4.99. The number of hydrogen-bond acceptors (Lipinski definition) is 3. The molecule has 1 aromatic rings. The first-order valence-corrected chi connectivity index (χ1v) is 5.99. The molecule has 0 bridgehead atoms. The lowest BCUT2D eigenvalue weighted by atomic mass is 9.84. The Kier molecular flexibility index (Phi) is 5.62. The zero-order chi connectivity index (χ0) is 12.7. The molecule has 1 aromatic carbocycles. The number of rotatable bonds is 7. The molecule has 0 aliphatic heterocycles. The van der Waals surface area contributed by atoms with Gasteiger partial charge < -0.3 is 15.2 Å². The van der Waals surface area contributed by atoms with Gasteiger partial charge in [0.25, 0.3) is 0 Å². The van der Waals surface area contributed by atoms with E-state index in [1.165, 1.54) is 5.56 Å². The molecule has 0 amide bonds. The van der Waals surface area contributed by atoms with Crippen LogP contribution in [0.25, 0.3) is 0 Å². The Labute approximate surface area is 104 Å². The minimum Gasteiger partial charge on any atom is -0.389 e. The molecule has 0 aliphatic rings. The molecule has 1 atom stereocenters. The Balaban J connectivity index is 2.40. The molecule has 0 spiro atoms. The molecule has 0 fully saturated rings. The average Bonchev–Trinajstić information content (AvgIpc) is 2.30. The minimum absolute atomic E-state index is 0.0635. The molecular formula is C14H23NO2. The zero-order valence-corrected chi connectivity index (χ0v) is 10.9. The topological polar surface area (TPSA) is 41.5 Å². The normalized spacial score (nSPS) is 13.6. The number of methoxy groups -OCH3 is 1. The molecule has 96 valence electrons. The van der Waals surface area contributed by atoms with Gasteiger partial charge in [-0.3, -0.25) is 0 Å². The second kappa shape index (κ2) is 6.74. The van der Waals surface area contributed by atoms with Crippen LogP contribution in [0, 0.1) is 0 Å². The van der Waals surface area contributed by atoms with Gasteiger partial charge in [0.05, 0.1) is 12.7 Å². The molecule has 0 heterocycles. The number of aliphatic hydroxyl groups excluding tert-OH is 1.